The molecule has 17 heavy (non-hydrogen) atoms. The molecule has 1 aliphatic rings. The molecule has 0 amide bonds. The molecule has 1 aromatic heterocycles. The molecule has 1 saturated heterocycles. The Balaban J connectivity index is 2.30. The zero-order chi connectivity index (χ0) is 12.6. The van der Waals surface area contributed by atoms with Gasteiger partial charge < -0.3 is 14.5 Å². The lowest BCUT2D eigenvalue weighted by molar-refractivity contribution is -0.222. The van der Waals surface area contributed by atoms with Crippen LogP contribution in [0.2, 0.25) is 0 Å². The summed E-state index contributed by atoms with van der Waals surface area (Å²) >= 11 is 0. The largest absolute Gasteiger partial charge is 0.419 e. The minimum absolute atomic E-state index is 0.105. The lowest BCUT2D eigenvalue weighted by Gasteiger charge is -2.29. The maximum absolute atomic E-state index is 11.6. The molecule has 0 atom stereocenters. The lowest BCUT2D eigenvalue weighted by Crippen LogP contribution is -2.41. The molecule has 0 spiro atoms. The Morgan fingerprint density at radius 1 is 1.18 bits per heavy atom. The summed E-state index contributed by atoms with van der Waals surface area (Å²) in [5, 5.41) is 0. The van der Waals surface area contributed by atoms with Crippen molar-refractivity contribution >= 4 is 18.0 Å². The van der Waals surface area contributed by atoms with Gasteiger partial charge in [-0.25, -0.2) is 9.59 Å². The summed E-state index contributed by atoms with van der Waals surface area (Å²) in [4.78, 5) is 26.2. The van der Waals surface area contributed by atoms with E-state index in [2.05, 4.69) is 4.98 Å². The molecule has 0 aliphatic carbocycles. The van der Waals surface area contributed by atoms with E-state index >= 15 is 0 Å². The number of nitrogens with one attached hydrogen (secondary N) is 1. The number of cyclic esters (lactones) is 2. The Bertz CT molecular complexity index is 488. The smallest absolute Gasteiger partial charge is 0.348 e. The van der Waals surface area contributed by atoms with Gasteiger partial charge in [0, 0.05) is 25.2 Å². The fraction of sp³-hybridized carbons (Fsp3) is 0.333. The normalized spacial score (nSPS) is 18.6. The van der Waals surface area contributed by atoms with E-state index in [1.807, 2.05) is 13.0 Å². The molecule has 0 aromatic carbocycles. The highest BCUT2D eigenvalue weighted by atomic mass is 16.7. The van der Waals surface area contributed by atoms with Crippen LogP contribution in [0.25, 0.3) is 6.08 Å². The molecule has 0 radical (unpaired) electrons. The molecule has 0 bridgehead atoms. The Labute approximate surface area is 98.4 Å². The molecular weight excluding hydrogens is 222 g/mol. The van der Waals surface area contributed by atoms with Crippen molar-refractivity contribution in [3.8, 4) is 0 Å². The summed E-state index contributed by atoms with van der Waals surface area (Å²) in [5.74, 6) is -2.53. The number of aromatic amines is 1. The van der Waals surface area contributed by atoms with E-state index in [1.54, 1.807) is 6.07 Å². The average molecular weight is 235 g/mol. The van der Waals surface area contributed by atoms with E-state index in [0.717, 1.165) is 5.69 Å². The van der Waals surface area contributed by atoms with Crippen LogP contribution in [0.1, 0.15) is 25.2 Å². The molecule has 5 heteroatoms. The van der Waals surface area contributed by atoms with Crippen molar-refractivity contribution in [3.05, 3.63) is 29.1 Å². The number of carbonyl (C=O) groups is 2. The van der Waals surface area contributed by atoms with Crippen molar-refractivity contribution in [2.24, 2.45) is 0 Å². The third-order valence-corrected chi connectivity index (χ3v) is 2.27. The van der Waals surface area contributed by atoms with Crippen molar-refractivity contribution < 1.29 is 19.1 Å². The highest BCUT2D eigenvalue weighted by Crippen LogP contribution is 2.23. The maximum atomic E-state index is 11.6. The average Bonchev–Trinajstić information content (AvgIpc) is 2.56. The van der Waals surface area contributed by atoms with Crippen LogP contribution >= 0.6 is 0 Å². The van der Waals surface area contributed by atoms with Crippen LogP contribution in [0.4, 0.5) is 0 Å². The summed E-state index contributed by atoms with van der Waals surface area (Å²) in [6, 6.07) is 3.61. The highest BCUT2D eigenvalue weighted by molar-refractivity contribution is 6.18. The summed E-state index contributed by atoms with van der Waals surface area (Å²) in [5.41, 5.74) is 1.49. The summed E-state index contributed by atoms with van der Waals surface area (Å²) in [6.07, 6.45) is 1.42. The zero-order valence-electron chi connectivity index (χ0n) is 9.87. The molecule has 5 nitrogen and oxygen atoms in total. The van der Waals surface area contributed by atoms with Gasteiger partial charge >= 0.3 is 11.9 Å². The first-order valence-corrected chi connectivity index (χ1v) is 5.21. The van der Waals surface area contributed by atoms with Crippen LogP contribution in [-0.4, -0.2) is 22.7 Å². The van der Waals surface area contributed by atoms with Crippen molar-refractivity contribution in [1.82, 2.24) is 4.98 Å². The maximum Gasteiger partial charge on any atom is 0.348 e. The van der Waals surface area contributed by atoms with E-state index in [9.17, 15) is 9.59 Å². The molecular formula is C12H13NO4. The van der Waals surface area contributed by atoms with Crippen LogP contribution in [0.15, 0.2) is 17.7 Å². The number of carbonyl (C=O) groups excluding carboxylic acids is 2. The molecule has 0 unspecified atom stereocenters. The first-order chi connectivity index (χ1) is 7.87. The Morgan fingerprint density at radius 2 is 1.76 bits per heavy atom. The van der Waals surface area contributed by atoms with Crippen LogP contribution in [-0.2, 0) is 19.1 Å². The van der Waals surface area contributed by atoms with Gasteiger partial charge in [-0.3, -0.25) is 0 Å². The van der Waals surface area contributed by atoms with E-state index in [1.165, 1.54) is 19.9 Å². The highest BCUT2D eigenvalue weighted by Gasteiger charge is 2.38. The second kappa shape index (κ2) is 3.76. The van der Waals surface area contributed by atoms with E-state index < -0.39 is 17.7 Å². The quantitative estimate of drug-likeness (QED) is 0.455. The third-order valence-electron chi connectivity index (χ3n) is 2.27. The molecule has 1 aliphatic heterocycles. The van der Waals surface area contributed by atoms with Gasteiger partial charge in [-0.15, -0.1) is 0 Å². The molecule has 0 saturated carbocycles. The first-order valence-electron chi connectivity index (χ1n) is 5.21. The van der Waals surface area contributed by atoms with Gasteiger partial charge in [0.1, 0.15) is 5.57 Å². The van der Waals surface area contributed by atoms with Gasteiger partial charge in [-0.05, 0) is 25.1 Å². The Morgan fingerprint density at radius 3 is 2.24 bits per heavy atom. The second-order valence-corrected chi connectivity index (χ2v) is 4.33. The first kappa shape index (κ1) is 11.4. The number of esters is 2. The molecule has 2 rings (SSSR count). The fourth-order valence-electron chi connectivity index (χ4n) is 1.54. The van der Waals surface area contributed by atoms with Crippen LogP contribution in [0.3, 0.4) is 0 Å². The fourth-order valence-corrected chi connectivity index (χ4v) is 1.54. The van der Waals surface area contributed by atoms with Crippen molar-refractivity contribution in [2.45, 2.75) is 26.6 Å². The zero-order valence-corrected chi connectivity index (χ0v) is 9.87. The lowest BCUT2D eigenvalue weighted by atomic mass is 10.2. The molecule has 1 fully saturated rings. The number of hydrogen-bond donors (Lipinski definition) is 1. The van der Waals surface area contributed by atoms with Gasteiger partial charge in [-0.2, -0.15) is 0 Å². The van der Waals surface area contributed by atoms with Gasteiger partial charge in [0.05, 0.1) is 0 Å². The van der Waals surface area contributed by atoms with Crippen molar-refractivity contribution in [2.75, 3.05) is 0 Å². The summed E-state index contributed by atoms with van der Waals surface area (Å²) in [6.45, 7) is 4.90. The number of aryl methyl sites for hydroxylation is 1. The monoisotopic (exact) mass is 235 g/mol. The van der Waals surface area contributed by atoms with Crippen molar-refractivity contribution in [1.29, 1.82) is 0 Å². The van der Waals surface area contributed by atoms with Gasteiger partial charge in [-0.1, -0.05) is 0 Å². The van der Waals surface area contributed by atoms with E-state index in [-0.39, 0.29) is 5.57 Å². The number of H-pyrrole nitrogens is 1. The molecule has 1 aromatic rings. The standard InChI is InChI=1S/C12H13NO4/c1-7-4-5-8(13-7)6-9-10(14)16-12(2,3)17-11(9)15/h4-6,13H,1-3H3. The molecule has 90 valence electrons. The minimum atomic E-state index is -1.20. The van der Waals surface area contributed by atoms with Crippen LogP contribution in [0.5, 0.6) is 0 Å². The Hall–Kier alpha value is -2.04. The van der Waals surface area contributed by atoms with Gasteiger partial charge in [0.15, 0.2) is 0 Å². The number of aromatic nitrogens is 1. The predicted molar refractivity (Wildman–Crippen MR) is 59.8 cm³/mol. The summed E-state index contributed by atoms with van der Waals surface area (Å²) in [7, 11) is 0. The number of ether oxygens (including phenoxy) is 2. The van der Waals surface area contributed by atoms with Crippen LogP contribution < -0.4 is 0 Å². The Kier molecular flexibility index (Phi) is 2.53. The van der Waals surface area contributed by atoms with Gasteiger partial charge in [0.2, 0.25) is 0 Å². The van der Waals surface area contributed by atoms with Gasteiger partial charge in [0.25, 0.3) is 5.79 Å². The van der Waals surface area contributed by atoms with E-state index in [4.69, 9.17) is 9.47 Å². The topological polar surface area (TPSA) is 68.4 Å². The van der Waals surface area contributed by atoms with E-state index in [0.29, 0.717) is 5.69 Å². The summed E-state index contributed by atoms with van der Waals surface area (Å²) < 4.78 is 9.94. The molecule has 1 N–H and O–H groups in total. The SMILES string of the molecule is Cc1ccc(C=C2C(=O)OC(C)(C)OC2=O)[nH]1. The second-order valence-electron chi connectivity index (χ2n) is 4.33. The number of rotatable bonds is 1. The van der Waals surface area contributed by atoms with Crippen molar-refractivity contribution in [3.63, 3.8) is 0 Å². The minimum Gasteiger partial charge on any atom is -0.419 e. The number of hydrogen-bond acceptors (Lipinski definition) is 4. The van der Waals surface area contributed by atoms with Crippen LogP contribution in [0, 0.1) is 6.92 Å². The molecule has 2 heterocycles. The predicted octanol–water partition coefficient (Wildman–Crippen LogP) is 1.54. The third kappa shape index (κ3) is 2.38.